The Hall–Kier alpha value is -2.11. The standard InChI is InChI=1S/C16H11BrClNO3/c17-12-5-3-11(4-6-12)15(20)19-14(16(21)22)9-10-1-7-13(18)8-2-10/h1-9H,(H,19,20)(H,21,22)/p-1/b14-9-. The van der Waals surface area contributed by atoms with Crippen LogP contribution in [0.25, 0.3) is 6.08 Å². The van der Waals surface area contributed by atoms with Gasteiger partial charge in [-0.15, -0.1) is 0 Å². The van der Waals surface area contributed by atoms with E-state index in [4.69, 9.17) is 11.6 Å². The van der Waals surface area contributed by atoms with Crippen LogP contribution in [-0.2, 0) is 4.79 Å². The SMILES string of the molecule is O=C([O-])/C(=C/c1ccc(Cl)cc1)NC(=O)c1ccc(Br)cc1. The van der Waals surface area contributed by atoms with Crippen molar-refractivity contribution in [2.24, 2.45) is 0 Å². The summed E-state index contributed by atoms with van der Waals surface area (Å²) in [5, 5.41) is 14.0. The maximum Gasteiger partial charge on any atom is 0.255 e. The lowest BCUT2D eigenvalue weighted by molar-refractivity contribution is -0.299. The van der Waals surface area contributed by atoms with Crippen LogP contribution >= 0.6 is 27.5 Å². The van der Waals surface area contributed by atoms with Gasteiger partial charge in [-0.3, -0.25) is 4.79 Å². The van der Waals surface area contributed by atoms with Gasteiger partial charge in [-0.2, -0.15) is 0 Å². The summed E-state index contributed by atoms with van der Waals surface area (Å²) in [5.74, 6) is -2.00. The predicted octanol–water partition coefficient (Wildman–Crippen LogP) is 2.62. The zero-order valence-electron chi connectivity index (χ0n) is 11.2. The molecule has 0 aliphatic carbocycles. The molecule has 0 aromatic heterocycles. The molecule has 0 saturated heterocycles. The third-order valence-corrected chi connectivity index (χ3v) is 3.54. The largest absolute Gasteiger partial charge is 0.543 e. The van der Waals surface area contributed by atoms with Crippen LogP contribution < -0.4 is 10.4 Å². The van der Waals surface area contributed by atoms with E-state index in [1.165, 1.54) is 6.08 Å². The van der Waals surface area contributed by atoms with Crippen molar-refractivity contribution in [3.63, 3.8) is 0 Å². The van der Waals surface area contributed by atoms with Crippen LogP contribution in [0.3, 0.4) is 0 Å². The van der Waals surface area contributed by atoms with E-state index in [2.05, 4.69) is 21.2 Å². The van der Waals surface area contributed by atoms with E-state index in [-0.39, 0.29) is 5.70 Å². The van der Waals surface area contributed by atoms with Gasteiger partial charge in [0.15, 0.2) is 0 Å². The Balaban J connectivity index is 2.21. The number of halogens is 2. The molecule has 4 nitrogen and oxygen atoms in total. The van der Waals surface area contributed by atoms with E-state index >= 15 is 0 Å². The van der Waals surface area contributed by atoms with Crippen LogP contribution in [0, 0.1) is 0 Å². The normalized spacial score (nSPS) is 11.1. The Labute approximate surface area is 140 Å². The van der Waals surface area contributed by atoms with Gasteiger partial charge in [0.05, 0.1) is 11.7 Å². The number of carbonyl (C=O) groups excluding carboxylic acids is 2. The Morgan fingerprint density at radius 2 is 1.64 bits per heavy atom. The van der Waals surface area contributed by atoms with Gasteiger partial charge in [-0.25, -0.2) is 0 Å². The molecule has 112 valence electrons. The van der Waals surface area contributed by atoms with Gasteiger partial charge in [0.25, 0.3) is 5.91 Å². The van der Waals surface area contributed by atoms with Crippen molar-refractivity contribution in [3.8, 4) is 0 Å². The highest BCUT2D eigenvalue weighted by atomic mass is 79.9. The number of benzene rings is 2. The third kappa shape index (κ3) is 4.44. The molecule has 1 amide bonds. The molecule has 0 radical (unpaired) electrons. The lowest BCUT2D eigenvalue weighted by Crippen LogP contribution is -2.35. The number of carboxylic acid groups (broad SMARTS) is 1. The van der Waals surface area contributed by atoms with Gasteiger partial charge in [0.2, 0.25) is 0 Å². The van der Waals surface area contributed by atoms with Gasteiger partial charge in [0, 0.05) is 15.1 Å². The van der Waals surface area contributed by atoms with Gasteiger partial charge >= 0.3 is 0 Å². The summed E-state index contributed by atoms with van der Waals surface area (Å²) in [6.45, 7) is 0. The molecule has 0 unspecified atom stereocenters. The first-order chi connectivity index (χ1) is 10.5. The summed E-state index contributed by atoms with van der Waals surface area (Å²) in [5.41, 5.74) is 0.599. The molecule has 0 heterocycles. The number of carbonyl (C=O) groups is 2. The van der Waals surface area contributed by atoms with Crippen molar-refractivity contribution in [1.29, 1.82) is 0 Å². The number of aliphatic carboxylic acids is 1. The molecule has 2 aromatic rings. The van der Waals surface area contributed by atoms with Crippen molar-refractivity contribution in [3.05, 3.63) is 74.9 Å². The highest BCUT2D eigenvalue weighted by Gasteiger charge is 2.08. The molecular formula is C16H10BrClNO3-. The van der Waals surface area contributed by atoms with E-state index in [9.17, 15) is 14.7 Å². The zero-order chi connectivity index (χ0) is 16.1. The summed E-state index contributed by atoms with van der Waals surface area (Å²) < 4.78 is 0.820. The van der Waals surface area contributed by atoms with Crippen molar-refractivity contribution in [1.82, 2.24) is 5.32 Å². The summed E-state index contributed by atoms with van der Waals surface area (Å²) in [4.78, 5) is 23.2. The minimum Gasteiger partial charge on any atom is -0.543 e. The highest BCUT2D eigenvalue weighted by molar-refractivity contribution is 9.10. The molecule has 0 bridgehead atoms. The zero-order valence-corrected chi connectivity index (χ0v) is 13.5. The minimum atomic E-state index is -1.47. The fourth-order valence-electron chi connectivity index (χ4n) is 1.67. The molecule has 0 atom stereocenters. The number of carboxylic acids is 1. The highest BCUT2D eigenvalue weighted by Crippen LogP contribution is 2.13. The summed E-state index contributed by atoms with van der Waals surface area (Å²) in [7, 11) is 0. The quantitative estimate of drug-likeness (QED) is 0.830. The van der Waals surface area contributed by atoms with E-state index < -0.39 is 11.9 Å². The molecule has 0 fully saturated rings. The van der Waals surface area contributed by atoms with Gasteiger partial charge < -0.3 is 15.2 Å². The van der Waals surface area contributed by atoms with Crippen LogP contribution in [0.5, 0.6) is 0 Å². The molecular weight excluding hydrogens is 370 g/mol. The molecule has 0 aliphatic heterocycles. The van der Waals surface area contributed by atoms with Gasteiger partial charge in [-0.05, 0) is 48.0 Å². The Kier molecular flexibility index (Phi) is 5.35. The minimum absolute atomic E-state index is 0.324. The van der Waals surface area contributed by atoms with Crippen LogP contribution in [0.15, 0.2) is 58.7 Å². The number of hydrogen-bond donors (Lipinski definition) is 1. The van der Waals surface area contributed by atoms with E-state index in [1.54, 1.807) is 48.5 Å². The molecule has 2 aromatic carbocycles. The average Bonchev–Trinajstić information content (AvgIpc) is 2.49. The maximum atomic E-state index is 12.0. The van der Waals surface area contributed by atoms with Crippen molar-refractivity contribution < 1.29 is 14.7 Å². The van der Waals surface area contributed by atoms with Crippen molar-refractivity contribution in [2.75, 3.05) is 0 Å². The molecule has 1 N–H and O–H groups in total. The molecule has 0 aliphatic rings. The lowest BCUT2D eigenvalue weighted by atomic mass is 10.1. The van der Waals surface area contributed by atoms with Crippen molar-refractivity contribution >= 4 is 45.5 Å². The van der Waals surface area contributed by atoms with E-state index in [1.807, 2.05) is 0 Å². The second-order valence-corrected chi connectivity index (χ2v) is 5.71. The predicted molar refractivity (Wildman–Crippen MR) is 86.0 cm³/mol. The fourth-order valence-corrected chi connectivity index (χ4v) is 2.06. The second kappa shape index (κ2) is 7.24. The van der Waals surface area contributed by atoms with Crippen molar-refractivity contribution in [2.45, 2.75) is 0 Å². The Morgan fingerprint density at radius 1 is 1.05 bits per heavy atom. The summed E-state index contributed by atoms with van der Waals surface area (Å²) >= 11 is 9.03. The number of nitrogens with one attached hydrogen (secondary N) is 1. The monoisotopic (exact) mass is 378 g/mol. The first-order valence-electron chi connectivity index (χ1n) is 6.21. The topological polar surface area (TPSA) is 69.2 Å². The Morgan fingerprint density at radius 3 is 2.18 bits per heavy atom. The third-order valence-electron chi connectivity index (χ3n) is 2.76. The van der Waals surface area contributed by atoms with Gasteiger partial charge in [-0.1, -0.05) is 39.7 Å². The van der Waals surface area contributed by atoms with Crippen LogP contribution in [0.4, 0.5) is 0 Å². The average molecular weight is 380 g/mol. The van der Waals surface area contributed by atoms with E-state index in [0.29, 0.717) is 16.1 Å². The first kappa shape index (κ1) is 16.3. The summed E-state index contributed by atoms with van der Waals surface area (Å²) in [6.07, 6.45) is 1.31. The molecule has 0 spiro atoms. The van der Waals surface area contributed by atoms with Crippen LogP contribution in [0.2, 0.25) is 5.02 Å². The smallest absolute Gasteiger partial charge is 0.255 e. The Bertz CT molecular complexity index is 724. The molecule has 2 rings (SSSR count). The van der Waals surface area contributed by atoms with Crippen LogP contribution in [0.1, 0.15) is 15.9 Å². The molecule has 22 heavy (non-hydrogen) atoms. The number of rotatable bonds is 4. The fraction of sp³-hybridized carbons (Fsp3) is 0. The number of hydrogen-bond acceptors (Lipinski definition) is 3. The molecule has 6 heteroatoms. The number of amides is 1. The summed E-state index contributed by atoms with van der Waals surface area (Å²) in [6, 6.07) is 13.1. The van der Waals surface area contributed by atoms with Crippen LogP contribution in [-0.4, -0.2) is 11.9 Å². The maximum absolute atomic E-state index is 12.0. The first-order valence-corrected chi connectivity index (χ1v) is 7.38. The van der Waals surface area contributed by atoms with Gasteiger partial charge in [0.1, 0.15) is 0 Å². The lowest BCUT2D eigenvalue weighted by Gasteiger charge is -2.11. The molecule has 0 saturated carbocycles. The van der Waals surface area contributed by atoms with E-state index in [0.717, 1.165) is 4.47 Å². The second-order valence-electron chi connectivity index (χ2n) is 4.36.